The van der Waals surface area contributed by atoms with Crippen molar-refractivity contribution in [2.75, 3.05) is 4.72 Å². The molecule has 0 saturated carbocycles. The van der Waals surface area contributed by atoms with Crippen LogP contribution < -0.4 is 4.72 Å². The first kappa shape index (κ1) is 11.1. The van der Waals surface area contributed by atoms with Gasteiger partial charge in [-0.15, -0.1) is 10.2 Å². The first-order valence-electron chi connectivity index (χ1n) is 2.80. The quantitative estimate of drug-likeness (QED) is 0.794. The lowest BCUT2D eigenvalue weighted by Crippen LogP contribution is -2.29. The normalized spacial score (nSPS) is 12.9. The van der Waals surface area contributed by atoms with Gasteiger partial charge in [0.25, 0.3) is 5.26 Å². The van der Waals surface area contributed by atoms with Crippen LogP contribution in [0.25, 0.3) is 0 Å². The van der Waals surface area contributed by atoms with Gasteiger partial charge in [-0.1, -0.05) is 0 Å². The van der Waals surface area contributed by atoms with Gasteiger partial charge in [0, 0.05) is 0 Å². The molecule has 1 aromatic heterocycles. The van der Waals surface area contributed by atoms with E-state index in [4.69, 9.17) is 0 Å². The van der Waals surface area contributed by atoms with E-state index in [9.17, 15) is 26.0 Å². The minimum atomic E-state index is -5.55. The molecular weight excluding hydrogens is 250 g/mol. The number of nitrogens with one attached hydrogen (secondary N) is 1. The van der Waals surface area contributed by atoms with E-state index in [2.05, 4.69) is 10.2 Å². The van der Waals surface area contributed by atoms with Crippen LogP contribution in [0.15, 0.2) is 0 Å². The predicted molar refractivity (Wildman–Crippen MR) is 38.5 cm³/mol. The van der Waals surface area contributed by atoms with Crippen LogP contribution in [0.4, 0.5) is 22.7 Å². The van der Waals surface area contributed by atoms with Crippen LogP contribution in [0.5, 0.6) is 0 Å². The lowest BCUT2D eigenvalue weighted by Gasteiger charge is -2.06. The van der Waals surface area contributed by atoms with Crippen LogP contribution in [0, 0.1) is 5.26 Å². The number of nitrogens with zero attached hydrogens (tertiary/aromatic N) is 2. The van der Waals surface area contributed by atoms with Gasteiger partial charge in [-0.2, -0.15) is 26.0 Å². The molecule has 1 heterocycles. The summed E-state index contributed by atoms with van der Waals surface area (Å²) >= 11 is 0.0516. The van der Waals surface area contributed by atoms with Crippen molar-refractivity contribution < 1.29 is 26.0 Å². The molecule has 0 atom stereocenters. The Balaban J connectivity index is 2.90. The van der Waals surface area contributed by atoms with Crippen LogP contribution in [-0.4, -0.2) is 24.1 Å². The van der Waals surface area contributed by atoms with Crippen molar-refractivity contribution in [3.8, 4) is 0 Å². The van der Waals surface area contributed by atoms with Crippen molar-refractivity contribution in [2.24, 2.45) is 0 Å². The zero-order chi connectivity index (χ0) is 11.0. The van der Waals surface area contributed by atoms with E-state index in [1.807, 2.05) is 0 Å². The fourth-order valence-electron chi connectivity index (χ4n) is 0.419. The second-order valence-corrected chi connectivity index (χ2v) is 4.51. The van der Waals surface area contributed by atoms with Gasteiger partial charge < -0.3 is 0 Å². The Morgan fingerprint density at radius 1 is 1.29 bits per heavy atom. The number of sulfonamides is 1. The van der Waals surface area contributed by atoms with Crippen molar-refractivity contribution >= 4 is 26.5 Å². The van der Waals surface area contributed by atoms with Gasteiger partial charge in [-0.05, 0) is 11.3 Å². The van der Waals surface area contributed by atoms with Crippen molar-refractivity contribution in [3.05, 3.63) is 5.26 Å². The zero-order valence-corrected chi connectivity index (χ0v) is 7.67. The number of alkyl halides is 3. The SMILES string of the molecule is O=S(=O)(Nc1nnc(F)s1)C(F)(F)F. The summed E-state index contributed by atoms with van der Waals surface area (Å²) in [5.74, 6) is 0. The number of rotatable bonds is 2. The summed E-state index contributed by atoms with van der Waals surface area (Å²) < 4.78 is 69.2. The van der Waals surface area contributed by atoms with Crippen LogP contribution >= 0.6 is 11.3 Å². The van der Waals surface area contributed by atoms with Crippen molar-refractivity contribution in [1.29, 1.82) is 0 Å². The Morgan fingerprint density at radius 3 is 2.21 bits per heavy atom. The van der Waals surface area contributed by atoms with Gasteiger partial charge in [0.05, 0.1) is 0 Å². The third-order valence-electron chi connectivity index (χ3n) is 0.927. The van der Waals surface area contributed by atoms with Crippen LogP contribution in [-0.2, 0) is 10.0 Å². The van der Waals surface area contributed by atoms with Crippen molar-refractivity contribution in [2.45, 2.75) is 5.51 Å². The minimum absolute atomic E-state index is 0.0516. The molecule has 14 heavy (non-hydrogen) atoms. The maximum atomic E-state index is 12.1. The number of anilines is 1. The van der Waals surface area contributed by atoms with Crippen molar-refractivity contribution in [3.63, 3.8) is 0 Å². The van der Waals surface area contributed by atoms with Gasteiger partial charge in [-0.25, -0.2) is 4.72 Å². The van der Waals surface area contributed by atoms with E-state index < -0.39 is 25.9 Å². The molecule has 0 fully saturated rings. The van der Waals surface area contributed by atoms with E-state index in [-0.39, 0.29) is 11.3 Å². The van der Waals surface area contributed by atoms with E-state index in [0.29, 0.717) is 0 Å². The Bertz CT molecular complexity index is 423. The highest BCUT2D eigenvalue weighted by Gasteiger charge is 2.46. The summed E-state index contributed by atoms with van der Waals surface area (Å²) in [6.07, 6.45) is 0. The summed E-state index contributed by atoms with van der Waals surface area (Å²) in [4.78, 5) is 0. The highest BCUT2D eigenvalue weighted by Crippen LogP contribution is 2.26. The minimum Gasteiger partial charge on any atom is -0.249 e. The molecular formula is C3HF4N3O2S2. The monoisotopic (exact) mass is 251 g/mol. The van der Waals surface area contributed by atoms with Gasteiger partial charge in [-0.3, -0.25) is 0 Å². The fraction of sp³-hybridized carbons (Fsp3) is 0.333. The first-order valence-corrected chi connectivity index (χ1v) is 5.10. The van der Waals surface area contributed by atoms with E-state index >= 15 is 0 Å². The Hall–Kier alpha value is -0.970. The number of halogens is 4. The average molecular weight is 251 g/mol. The van der Waals surface area contributed by atoms with E-state index in [0.717, 1.165) is 4.72 Å². The summed E-state index contributed by atoms with van der Waals surface area (Å²) in [7, 11) is -5.55. The topological polar surface area (TPSA) is 72.0 Å². The number of hydrogen-bond acceptors (Lipinski definition) is 5. The summed E-state index contributed by atoms with van der Waals surface area (Å²) in [5, 5.41) is 3.60. The maximum Gasteiger partial charge on any atom is 0.516 e. The molecule has 1 rings (SSSR count). The van der Waals surface area contributed by atoms with E-state index in [1.165, 1.54) is 0 Å². The standard InChI is InChI=1S/C3HF4N3O2S2/c4-1-8-9-2(13-1)10-14(11,12)3(5,6)7/h(H,9,10). The van der Waals surface area contributed by atoms with Crippen molar-refractivity contribution in [1.82, 2.24) is 10.2 Å². The largest absolute Gasteiger partial charge is 0.516 e. The molecule has 0 spiro atoms. The second-order valence-electron chi connectivity index (χ2n) is 1.91. The Labute approximate surface area is 78.8 Å². The Morgan fingerprint density at radius 2 is 1.86 bits per heavy atom. The average Bonchev–Trinajstić information content (AvgIpc) is 2.31. The highest BCUT2D eigenvalue weighted by molar-refractivity contribution is 7.93. The molecule has 0 aliphatic carbocycles. The lowest BCUT2D eigenvalue weighted by atomic mass is 11.3. The zero-order valence-electron chi connectivity index (χ0n) is 6.04. The molecule has 0 bridgehead atoms. The highest BCUT2D eigenvalue weighted by atomic mass is 32.2. The van der Waals surface area contributed by atoms with Gasteiger partial charge in [0.15, 0.2) is 0 Å². The van der Waals surface area contributed by atoms with Gasteiger partial charge in [0.2, 0.25) is 5.13 Å². The Kier molecular flexibility index (Phi) is 2.63. The summed E-state index contributed by atoms with van der Waals surface area (Å²) in [6, 6.07) is 0. The molecule has 0 aromatic carbocycles. The number of aromatic nitrogens is 2. The van der Waals surface area contributed by atoms with E-state index in [1.54, 1.807) is 0 Å². The third-order valence-corrected chi connectivity index (χ3v) is 2.75. The molecule has 0 aliphatic heterocycles. The maximum absolute atomic E-state index is 12.1. The molecule has 1 aromatic rings. The molecule has 0 unspecified atom stereocenters. The molecule has 11 heteroatoms. The number of hydrogen-bond donors (Lipinski definition) is 1. The van der Waals surface area contributed by atoms with Gasteiger partial charge >= 0.3 is 15.5 Å². The predicted octanol–water partition coefficient (Wildman–Crippen LogP) is 0.939. The summed E-state index contributed by atoms with van der Waals surface area (Å²) in [5.41, 5.74) is -5.46. The van der Waals surface area contributed by atoms with Crippen LogP contribution in [0.1, 0.15) is 0 Å². The molecule has 0 saturated heterocycles. The second kappa shape index (κ2) is 3.31. The third kappa shape index (κ3) is 2.29. The molecule has 0 radical (unpaired) electrons. The molecule has 1 N–H and O–H groups in total. The molecule has 5 nitrogen and oxygen atoms in total. The van der Waals surface area contributed by atoms with Crippen LogP contribution in [0.3, 0.4) is 0 Å². The summed E-state index contributed by atoms with van der Waals surface area (Å²) in [6.45, 7) is 0. The van der Waals surface area contributed by atoms with Gasteiger partial charge in [0.1, 0.15) is 0 Å². The lowest BCUT2D eigenvalue weighted by molar-refractivity contribution is -0.0429. The molecule has 80 valence electrons. The smallest absolute Gasteiger partial charge is 0.249 e. The molecule has 0 amide bonds. The first-order chi connectivity index (χ1) is 6.22. The van der Waals surface area contributed by atoms with Crippen LogP contribution in [0.2, 0.25) is 0 Å². The fourth-order valence-corrected chi connectivity index (χ4v) is 1.62. The molecule has 0 aliphatic rings.